The molecule has 0 atom stereocenters. The standard InChI is InChI=1S/C14H16ClN3O5S/c1-9-6-13(17-23-9)18(24(3,20)21)8-14(19)16-10-4-5-12(22-2)11(15)7-10/h4-7H,8H2,1-3H3,(H,16,19). The largest absolute Gasteiger partial charge is 0.495 e. The van der Waals surface area contributed by atoms with Gasteiger partial charge in [-0.25, -0.2) is 12.7 Å². The SMILES string of the molecule is COc1ccc(NC(=O)CN(c2cc(C)on2)S(C)(=O)=O)cc1Cl. The minimum atomic E-state index is -3.71. The molecule has 0 spiro atoms. The Kier molecular flexibility index (Phi) is 5.35. The van der Waals surface area contributed by atoms with Crippen molar-refractivity contribution in [3.63, 3.8) is 0 Å². The third kappa shape index (κ3) is 4.39. The molecule has 1 aromatic heterocycles. The van der Waals surface area contributed by atoms with E-state index in [1.807, 2.05) is 0 Å². The molecule has 1 amide bonds. The summed E-state index contributed by atoms with van der Waals surface area (Å²) in [5, 5.41) is 6.52. The van der Waals surface area contributed by atoms with E-state index in [4.69, 9.17) is 20.9 Å². The fraction of sp³-hybridized carbons (Fsp3) is 0.286. The number of anilines is 2. The van der Waals surface area contributed by atoms with Gasteiger partial charge in [0.15, 0.2) is 5.82 Å². The Morgan fingerprint density at radius 2 is 2.12 bits per heavy atom. The lowest BCUT2D eigenvalue weighted by atomic mass is 10.3. The number of nitrogens with one attached hydrogen (secondary N) is 1. The molecule has 8 nitrogen and oxygen atoms in total. The van der Waals surface area contributed by atoms with Gasteiger partial charge in [-0.05, 0) is 25.1 Å². The smallest absolute Gasteiger partial charge is 0.245 e. The highest BCUT2D eigenvalue weighted by molar-refractivity contribution is 7.92. The minimum absolute atomic E-state index is 0.0397. The molecule has 0 saturated carbocycles. The lowest BCUT2D eigenvalue weighted by Gasteiger charge is -2.18. The Hall–Kier alpha value is -2.26. The van der Waals surface area contributed by atoms with Crippen molar-refractivity contribution in [3.8, 4) is 5.75 Å². The molecule has 0 aliphatic heterocycles. The van der Waals surface area contributed by atoms with Crippen LogP contribution in [0, 0.1) is 6.92 Å². The number of sulfonamides is 1. The van der Waals surface area contributed by atoms with Crippen LogP contribution in [0.1, 0.15) is 5.76 Å². The number of aromatic nitrogens is 1. The summed E-state index contributed by atoms with van der Waals surface area (Å²) in [6.07, 6.45) is 0.981. The predicted octanol–water partition coefficient (Wildman–Crippen LogP) is 2.05. The zero-order valence-corrected chi connectivity index (χ0v) is 14.8. The van der Waals surface area contributed by atoms with Gasteiger partial charge in [0, 0.05) is 11.8 Å². The second-order valence-electron chi connectivity index (χ2n) is 4.96. The van der Waals surface area contributed by atoms with Crippen molar-refractivity contribution in [1.29, 1.82) is 0 Å². The van der Waals surface area contributed by atoms with Crippen molar-refractivity contribution < 1.29 is 22.5 Å². The zero-order valence-electron chi connectivity index (χ0n) is 13.2. The number of carbonyl (C=O) groups is 1. The summed E-state index contributed by atoms with van der Waals surface area (Å²) >= 11 is 5.98. The molecule has 0 saturated heterocycles. The Labute approximate surface area is 144 Å². The van der Waals surface area contributed by atoms with E-state index in [1.165, 1.54) is 19.2 Å². The van der Waals surface area contributed by atoms with Crippen LogP contribution in [0.5, 0.6) is 5.75 Å². The first-order chi connectivity index (χ1) is 11.2. The highest BCUT2D eigenvalue weighted by Crippen LogP contribution is 2.27. The average molecular weight is 374 g/mol. The molecule has 2 aromatic rings. The van der Waals surface area contributed by atoms with Crippen LogP contribution in [0.4, 0.5) is 11.5 Å². The quantitative estimate of drug-likeness (QED) is 0.831. The molecule has 130 valence electrons. The number of nitrogens with zero attached hydrogens (tertiary/aromatic N) is 2. The van der Waals surface area contributed by atoms with E-state index >= 15 is 0 Å². The van der Waals surface area contributed by atoms with E-state index in [0.717, 1.165) is 10.6 Å². The van der Waals surface area contributed by atoms with Crippen molar-refractivity contribution >= 4 is 39.0 Å². The monoisotopic (exact) mass is 373 g/mol. The molecule has 0 aliphatic carbocycles. The third-order valence-corrected chi connectivity index (χ3v) is 4.41. The van der Waals surface area contributed by atoms with Crippen LogP contribution in [0.25, 0.3) is 0 Å². The first kappa shape index (κ1) is 18.1. The first-order valence-corrected chi connectivity index (χ1v) is 8.97. The number of aryl methyl sites for hydroxylation is 1. The second kappa shape index (κ2) is 7.10. The van der Waals surface area contributed by atoms with Crippen molar-refractivity contribution in [1.82, 2.24) is 5.16 Å². The van der Waals surface area contributed by atoms with Crippen LogP contribution < -0.4 is 14.4 Å². The van der Waals surface area contributed by atoms with Gasteiger partial charge >= 0.3 is 0 Å². The lowest BCUT2D eigenvalue weighted by molar-refractivity contribution is -0.114. The van der Waals surface area contributed by atoms with Crippen LogP contribution in [0.2, 0.25) is 5.02 Å². The van der Waals surface area contributed by atoms with E-state index in [1.54, 1.807) is 19.1 Å². The summed E-state index contributed by atoms with van der Waals surface area (Å²) in [7, 11) is -2.23. The highest BCUT2D eigenvalue weighted by Gasteiger charge is 2.24. The van der Waals surface area contributed by atoms with Gasteiger partial charge in [0.1, 0.15) is 18.1 Å². The second-order valence-corrected chi connectivity index (χ2v) is 7.28. The Bertz CT molecular complexity index is 850. The molecule has 1 N–H and O–H groups in total. The van der Waals surface area contributed by atoms with E-state index in [-0.39, 0.29) is 5.82 Å². The van der Waals surface area contributed by atoms with Gasteiger partial charge in [-0.2, -0.15) is 0 Å². The predicted molar refractivity (Wildman–Crippen MR) is 90.1 cm³/mol. The third-order valence-electron chi connectivity index (χ3n) is 2.99. The number of ether oxygens (including phenoxy) is 1. The van der Waals surface area contributed by atoms with Crippen LogP contribution in [-0.4, -0.2) is 39.4 Å². The fourth-order valence-corrected chi connectivity index (χ4v) is 2.95. The number of rotatable bonds is 6. The van der Waals surface area contributed by atoms with Crippen LogP contribution in [0.15, 0.2) is 28.8 Å². The Morgan fingerprint density at radius 3 is 2.62 bits per heavy atom. The van der Waals surface area contributed by atoms with E-state index in [9.17, 15) is 13.2 Å². The van der Waals surface area contributed by atoms with Gasteiger partial charge in [-0.1, -0.05) is 16.8 Å². The summed E-state index contributed by atoms with van der Waals surface area (Å²) in [5.74, 6) is 0.381. The van der Waals surface area contributed by atoms with Gasteiger partial charge in [-0.3, -0.25) is 4.79 Å². The van der Waals surface area contributed by atoms with Gasteiger partial charge in [0.25, 0.3) is 0 Å². The molecule has 0 fully saturated rings. The topological polar surface area (TPSA) is 102 Å². The number of benzene rings is 1. The number of methoxy groups -OCH3 is 1. The number of hydrogen-bond acceptors (Lipinski definition) is 6. The lowest BCUT2D eigenvalue weighted by Crippen LogP contribution is -2.37. The van der Waals surface area contributed by atoms with E-state index in [0.29, 0.717) is 22.2 Å². The van der Waals surface area contributed by atoms with Gasteiger partial charge in [-0.15, -0.1) is 0 Å². The number of hydrogen-bond donors (Lipinski definition) is 1. The maximum absolute atomic E-state index is 12.2. The average Bonchev–Trinajstić information content (AvgIpc) is 2.90. The van der Waals surface area contributed by atoms with E-state index in [2.05, 4.69) is 10.5 Å². The molecule has 1 heterocycles. The summed E-state index contributed by atoms with van der Waals surface area (Å²) in [5.41, 5.74) is 0.413. The number of carbonyl (C=O) groups excluding carboxylic acids is 1. The molecule has 24 heavy (non-hydrogen) atoms. The number of amides is 1. The number of halogens is 1. The molecule has 0 bridgehead atoms. The maximum atomic E-state index is 12.2. The molecular formula is C14H16ClN3O5S. The summed E-state index contributed by atoms with van der Waals surface area (Å²) in [6.45, 7) is 1.17. The van der Waals surface area contributed by atoms with Crippen molar-refractivity contribution in [2.75, 3.05) is 29.5 Å². The van der Waals surface area contributed by atoms with Crippen LogP contribution in [0.3, 0.4) is 0 Å². The van der Waals surface area contributed by atoms with Gasteiger partial charge < -0.3 is 14.6 Å². The molecular weight excluding hydrogens is 358 g/mol. The van der Waals surface area contributed by atoms with Crippen LogP contribution in [-0.2, 0) is 14.8 Å². The van der Waals surface area contributed by atoms with E-state index < -0.39 is 22.5 Å². The first-order valence-electron chi connectivity index (χ1n) is 6.75. The highest BCUT2D eigenvalue weighted by atomic mass is 35.5. The molecule has 2 rings (SSSR count). The summed E-state index contributed by atoms with van der Waals surface area (Å²) < 4.78 is 34.5. The van der Waals surface area contributed by atoms with Crippen molar-refractivity contribution in [2.24, 2.45) is 0 Å². The van der Waals surface area contributed by atoms with Gasteiger partial charge in [0.05, 0.1) is 18.4 Å². The van der Waals surface area contributed by atoms with Gasteiger partial charge in [0.2, 0.25) is 15.9 Å². The van der Waals surface area contributed by atoms with Crippen molar-refractivity contribution in [3.05, 3.63) is 35.0 Å². The fourth-order valence-electron chi connectivity index (χ4n) is 1.91. The zero-order chi connectivity index (χ0) is 17.9. The van der Waals surface area contributed by atoms with Crippen molar-refractivity contribution in [2.45, 2.75) is 6.92 Å². The normalized spacial score (nSPS) is 11.2. The molecule has 0 unspecified atom stereocenters. The molecule has 0 aliphatic rings. The Balaban J connectivity index is 2.15. The molecule has 10 heteroatoms. The summed E-state index contributed by atoms with van der Waals surface area (Å²) in [6, 6.07) is 6.11. The summed E-state index contributed by atoms with van der Waals surface area (Å²) in [4.78, 5) is 12.2. The Morgan fingerprint density at radius 1 is 1.42 bits per heavy atom. The van der Waals surface area contributed by atoms with Crippen LogP contribution >= 0.6 is 11.6 Å². The maximum Gasteiger partial charge on any atom is 0.245 e. The molecule has 1 aromatic carbocycles. The molecule has 0 radical (unpaired) electrons. The minimum Gasteiger partial charge on any atom is -0.495 e.